The summed E-state index contributed by atoms with van der Waals surface area (Å²) in [6.07, 6.45) is 2.26. The number of amides is 1. The standard InChI is InChI=1S/C23H32N6O.HI/c1-3-24-23(27-18-20-8-6-7-19(2)17-20)26-12-10-22(30)29-15-13-28(14-16-29)21-9-4-5-11-25-21;/h4-9,11,17H,3,10,12-16,18H2,1-2H3,(H2,24,26,27);1H. The lowest BCUT2D eigenvalue weighted by molar-refractivity contribution is -0.131. The number of pyridine rings is 1. The van der Waals surface area contributed by atoms with Gasteiger partial charge in [-0.1, -0.05) is 35.9 Å². The Hall–Kier alpha value is -2.36. The average Bonchev–Trinajstić information content (AvgIpc) is 2.78. The van der Waals surface area contributed by atoms with Gasteiger partial charge in [0.05, 0.1) is 6.54 Å². The summed E-state index contributed by atoms with van der Waals surface area (Å²) in [6, 6.07) is 14.3. The topological polar surface area (TPSA) is 72.9 Å². The molecule has 1 saturated heterocycles. The van der Waals surface area contributed by atoms with Crippen molar-refractivity contribution in [1.82, 2.24) is 20.5 Å². The zero-order chi connectivity index (χ0) is 21.2. The number of aromatic nitrogens is 1. The maximum absolute atomic E-state index is 12.6. The van der Waals surface area contributed by atoms with Gasteiger partial charge in [0.15, 0.2) is 5.96 Å². The van der Waals surface area contributed by atoms with Gasteiger partial charge in [-0.25, -0.2) is 9.98 Å². The second kappa shape index (κ2) is 13.1. The third-order valence-electron chi connectivity index (χ3n) is 5.08. The first-order valence-electron chi connectivity index (χ1n) is 10.7. The lowest BCUT2D eigenvalue weighted by Gasteiger charge is -2.35. The minimum atomic E-state index is 0. The molecule has 0 spiro atoms. The lowest BCUT2D eigenvalue weighted by atomic mass is 10.1. The van der Waals surface area contributed by atoms with Gasteiger partial charge >= 0.3 is 0 Å². The highest BCUT2D eigenvalue weighted by molar-refractivity contribution is 14.0. The number of piperazine rings is 1. The Balaban J connectivity index is 0.00000341. The minimum Gasteiger partial charge on any atom is -0.357 e. The molecule has 2 N–H and O–H groups in total. The predicted octanol–water partition coefficient (Wildman–Crippen LogP) is 2.80. The number of nitrogens with one attached hydrogen (secondary N) is 2. The van der Waals surface area contributed by atoms with Crippen molar-refractivity contribution in [2.24, 2.45) is 4.99 Å². The van der Waals surface area contributed by atoms with E-state index < -0.39 is 0 Å². The third kappa shape index (κ3) is 8.01. The first-order valence-corrected chi connectivity index (χ1v) is 10.7. The van der Waals surface area contributed by atoms with E-state index in [-0.39, 0.29) is 29.9 Å². The summed E-state index contributed by atoms with van der Waals surface area (Å²) in [5.41, 5.74) is 2.41. The zero-order valence-corrected chi connectivity index (χ0v) is 20.7. The molecule has 0 unspecified atom stereocenters. The summed E-state index contributed by atoms with van der Waals surface area (Å²) in [4.78, 5) is 25.8. The van der Waals surface area contributed by atoms with Crippen LogP contribution in [-0.2, 0) is 11.3 Å². The molecule has 1 aliphatic rings. The summed E-state index contributed by atoms with van der Waals surface area (Å²) < 4.78 is 0. The molecule has 2 aromatic rings. The van der Waals surface area contributed by atoms with Crippen LogP contribution in [0.15, 0.2) is 53.7 Å². The highest BCUT2D eigenvalue weighted by Crippen LogP contribution is 2.13. The maximum atomic E-state index is 12.6. The number of aliphatic imine (C=N–C) groups is 1. The first kappa shape index (κ1) is 24.9. The highest BCUT2D eigenvalue weighted by atomic mass is 127. The average molecular weight is 536 g/mol. The van der Waals surface area contributed by atoms with E-state index in [1.807, 2.05) is 36.1 Å². The van der Waals surface area contributed by atoms with Gasteiger partial charge in [0, 0.05) is 51.9 Å². The Bertz CT molecular complexity index is 837. The van der Waals surface area contributed by atoms with Crippen LogP contribution in [0.4, 0.5) is 5.82 Å². The molecule has 0 bridgehead atoms. The fourth-order valence-electron chi connectivity index (χ4n) is 3.49. The Morgan fingerprint density at radius 2 is 1.90 bits per heavy atom. The van der Waals surface area contributed by atoms with E-state index in [9.17, 15) is 4.79 Å². The van der Waals surface area contributed by atoms with E-state index in [2.05, 4.69) is 50.6 Å². The number of halogens is 1. The van der Waals surface area contributed by atoms with Crippen LogP contribution in [0.5, 0.6) is 0 Å². The van der Waals surface area contributed by atoms with Gasteiger partial charge in [-0.15, -0.1) is 24.0 Å². The van der Waals surface area contributed by atoms with E-state index in [0.29, 0.717) is 19.5 Å². The van der Waals surface area contributed by atoms with Crippen molar-refractivity contribution < 1.29 is 4.79 Å². The van der Waals surface area contributed by atoms with Crippen molar-refractivity contribution in [2.75, 3.05) is 44.2 Å². The van der Waals surface area contributed by atoms with Gasteiger partial charge in [0.25, 0.3) is 0 Å². The molecule has 1 aliphatic heterocycles. The van der Waals surface area contributed by atoms with E-state index >= 15 is 0 Å². The number of guanidine groups is 1. The van der Waals surface area contributed by atoms with Crippen molar-refractivity contribution in [1.29, 1.82) is 0 Å². The number of anilines is 1. The molecule has 2 heterocycles. The Morgan fingerprint density at radius 1 is 1.10 bits per heavy atom. The molecule has 3 rings (SSSR count). The molecule has 0 atom stereocenters. The van der Waals surface area contributed by atoms with Crippen LogP contribution in [0, 0.1) is 6.92 Å². The lowest BCUT2D eigenvalue weighted by Crippen LogP contribution is -2.49. The molecule has 1 aromatic carbocycles. The summed E-state index contributed by atoms with van der Waals surface area (Å²) in [6.45, 7) is 9.18. The molecule has 168 valence electrons. The molecule has 1 fully saturated rings. The number of hydrogen-bond donors (Lipinski definition) is 2. The van der Waals surface area contributed by atoms with Crippen LogP contribution >= 0.6 is 24.0 Å². The molecule has 0 saturated carbocycles. The number of aryl methyl sites for hydroxylation is 1. The van der Waals surface area contributed by atoms with Gasteiger partial charge < -0.3 is 20.4 Å². The number of carbonyl (C=O) groups excluding carboxylic acids is 1. The summed E-state index contributed by atoms with van der Waals surface area (Å²) in [5.74, 6) is 1.90. The third-order valence-corrected chi connectivity index (χ3v) is 5.08. The minimum absolute atomic E-state index is 0. The number of benzene rings is 1. The van der Waals surface area contributed by atoms with Gasteiger partial charge in [-0.05, 0) is 31.5 Å². The highest BCUT2D eigenvalue weighted by Gasteiger charge is 2.21. The van der Waals surface area contributed by atoms with Crippen LogP contribution in [0.1, 0.15) is 24.5 Å². The van der Waals surface area contributed by atoms with Gasteiger partial charge in [0.1, 0.15) is 5.82 Å². The van der Waals surface area contributed by atoms with Crippen molar-refractivity contribution in [3.8, 4) is 0 Å². The maximum Gasteiger partial charge on any atom is 0.224 e. The van der Waals surface area contributed by atoms with Crippen LogP contribution in [0.2, 0.25) is 0 Å². The first-order chi connectivity index (χ1) is 14.7. The monoisotopic (exact) mass is 536 g/mol. The zero-order valence-electron chi connectivity index (χ0n) is 18.4. The van der Waals surface area contributed by atoms with Crippen molar-refractivity contribution >= 4 is 41.7 Å². The molecule has 1 aromatic heterocycles. The van der Waals surface area contributed by atoms with Crippen LogP contribution in [-0.4, -0.2) is 61.0 Å². The van der Waals surface area contributed by atoms with Crippen molar-refractivity contribution in [3.05, 3.63) is 59.8 Å². The summed E-state index contributed by atoms with van der Waals surface area (Å²) in [7, 11) is 0. The van der Waals surface area contributed by atoms with Crippen LogP contribution in [0.3, 0.4) is 0 Å². The van der Waals surface area contributed by atoms with Crippen LogP contribution in [0.25, 0.3) is 0 Å². The molecule has 0 radical (unpaired) electrons. The Kier molecular flexibility index (Phi) is 10.6. The normalized spacial score (nSPS) is 14.1. The van der Waals surface area contributed by atoms with Gasteiger partial charge in [0.2, 0.25) is 5.91 Å². The largest absolute Gasteiger partial charge is 0.357 e. The molecular formula is C23H33IN6O. The number of rotatable bonds is 7. The fraction of sp³-hybridized carbons (Fsp3) is 0.435. The smallest absolute Gasteiger partial charge is 0.224 e. The van der Waals surface area contributed by atoms with Gasteiger partial charge in [-0.2, -0.15) is 0 Å². The van der Waals surface area contributed by atoms with E-state index in [1.54, 1.807) is 6.20 Å². The van der Waals surface area contributed by atoms with E-state index in [1.165, 1.54) is 11.1 Å². The molecule has 8 heteroatoms. The molecule has 0 aliphatic carbocycles. The number of hydrogen-bond acceptors (Lipinski definition) is 4. The van der Waals surface area contributed by atoms with Crippen LogP contribution < -0.4 is 15.5 Å². The molecule has 7 nitrogen and oxygen atoms in total. The molecular weight excluding hydrogens is 503 g/mol. The molecule has 1 amide bonds. The Morgan fingerprint density at radius 3 is 2.58 bits per heavy atom. The van der Waals surface area contributed by atoms with Crippen molar-refractivity contribution in [3.63, 3.8) is 0 Å². The quantitative estimate of drug-likeness (QED) is 0.324. The van der Waals surface area contributed by atoms with E-state index in [4.69, 9.17) is 0 Å². The fourth-order valence-corrected chi connectivity index (χ4v) is 3.49. The second-order valence-electron chi connectivity index (χ2n) is 7.42. The predicted molar refractivity (Wildman–Crippen MR) is 137 cm³/mol. The number of nitrogens with zero attached hydrogens (tertiary/aromatic N) is 4. The molecule has 31 heavy (non-hydrogen) atoms. The van der Waals surface area contributed by atoms with Gasteiger partial charge in [-0.3, -0.25) is 4.79 Å². The summed E-state index contributed by atoms with van der Waals surface area (Å²) >= 11 is 0. The Labute approximate surface area is 202 Å². The van der Waals surface area contributed by atoms with Crippen molar-refractivity contribution in [2.45, 2.75) is 26.8 Å². The van der Waals surface area contributed by atoms with E-state index in [0.717, 1.165) is 44.5 Å². The SMILES string of the molecule is CCNC(=NCc1cccc(C)c1)NCCC(=O)N1CCN(c2ccccn2)CC1.I. The summed E-state index contributed by atoms with van der Waals surface area (Å²) in [5, 5.41) is 6.53. The number of carbonyl (C=O) groups is 1. The second-order valence-corrected chi connectivity index (χ2v) is 7.42.